The average molecular weight is 316 g/mol. The summed E-state index contributed by atoms with van der Waals surface area (Å²) in [7, 11) is 1.67. The maximum absolute atomic E-state index is 10.9. The molecule has 0 aliphatic carbocycles. The third-order valence-corrected chi connectivity index (χ3v) is 2.88. The summed E-state index contributed by atoms with van der Waals surface area (Å²) in [6.45, 7) is 12.1. The van der Waals surface area contributed by atoms with Crippen LogP contribution in [-0.2, 0) is 11.2 Å². The van der Waals surface area contributed by atoms with Gasteiger partial charge in [-0.15, -0.1) is 0 Å². The molecule has 0 aliphatic heterocycles. The highest BCUT2D eigenvalue weighted by molar-refractivity contribution is 5.84. The van der Waals surface area contributed by atoms with Gasteiger partial charge in [-0.2, -0.15) is 0 Å². The fourth-order valence-corrected chi connectivity index (χ4v) is 1.88. The Labute approximate surface area is 141 Å². The van der Waals surface area contributed by atoms with E-state index < -0.39 is 0 Å². The minimum Gasteiger partial charge on any atom is -0.497 e. The second kappa shape index (κ2) is 11.7. The normalized spacial score (nSPS) is 9.57. The number of ether oxygens (including phenoxy) is 1. The largest absolute Gasteiger partial charge is 0.497 e. The van der Waals surface area contributed by atoms with E-state index in [1.54, 1.807) is 14.0 Å². The minimum absolute atomic E-state index is 0.236. The van der Waals surface area contributed by atoms with Gasteiger partial charge in [-0.25, -0.2) is 0 Å². The van der Waals surface area contributed by atoms with Crippen molar-refractivity contribution in [3.8, 4) is 5.75 Å². The van der Waals surface area contributed by atoms with Crippen molar-refractivity contribution in [3.05, 3.63) is 42.0 Å². The Morgan fingerprint density at radius 1 is 1.00 bits per heavy atom. The summed E-state index contributed by atoms with van der Waals surface area (Å²) in [4.78, 5) is 10.9. The van der Waals surface area contributed by atoms with E-state index in [-0.39, 0.29) is 5.78 Å². The van der Waals surface area contributed by atoms with Crippen LogP contribution >= 0.6 is 0 Å². The Balaban J connectivity index is 0.000000705. The van der Waals surface area contributed by atoms with Gasteiger partial charge in [0, 0.05) is 6.42 Å². The van der Waals surface area contributed by atoms with Gasteiger partial charge in [-0.1, -0.05) is 58.9 Å². The first-order chi connectivity index (χ1) is 10.9. The molecule has 0 N–H and O–H groups in total. The molecule has 0 spiro atoms. The Morgan fingerprint density at radius 2 is 1.52 bits per heavy atom. The van der Waals surface area contributed by atoms with Crippen molar-refractivity contribution < 1.29 is 9.53 Å². The lowest BCUT2D eigenvalue weighted by Gasteiger charge is -2.05. The van der Waals surface area contributed by atoms with Crippen molar-refractivity contribution >= 4 is 16.6 Å². The molecule has 2 aromatic carbocycles. The van der Waals surface area contributed by atoms with Crippen LogP contribution in [0.5, 0.6) is 5.75 Å². The summed E-state index contributed by atoms with van der Waals surface area (Å²) in [6.07, 6.45) is 1.43. The molecule has 2 aromatic rings. The molecule has 0 atom stereocenters. The summed E-state index contributed by atoms with van der Waals surface area (Å²) in [5.41, 5.74) is 1.21. The van der Waals surface area contributed by atoms with Gasteiger partial charge in [0.15, 0.2) is 0 Å². The molecule has 0 saturated carbocycles. The summed E-state index contributed by atoms with van der Waals surface area (Å²) >= 11 is 0. The van der Waals surface area contributed by atoms with Crippen LogP contribution in [0.25, 0.3) is 10.8 Å². The fourth-order valence-electron chi connectivity index (χ4n) is 1.88. The Hall–Kier alpha value is -1.83. The molecule has 2 heteroatoms. The van der Waals surface area contributed by atoms with Crippen LogP contribution in [0.2, 0.25) is 0 Å². The molecule has 0 saturated heterocycles. The zero-order valence-corrected chi connectivity index (χ0v) is 15.8. The topological polar surface area (TPSA) is 26.3 Å². The lowest BCUT2D eigenvalue weighted by atomic mass is 10.0. The van der Waals surface area contributed by atoms with Crippen LogP contribution in [0.4, 0.5) is 0 Å². The first-order valence-corrected chi connectivity index (χ1v) is 8.48. The third-order valence-electron chi connectivity index (χ3n) is 2.88. The van der Waals surface area contributed by atoms with Crippen LogP contribution < -0.4 is 4.74 Å². The van der Waals surface area contributed by atoms with Crippen molar-refractivity contribution in [2.24, 2.45) is 5.92 Å². The molecule has 23 heavy (non-hydrogen) atoms. The van der Waals surface area contributed by atoms with Crippen LogP contribution in [-0.4, -0.2) is 12.9 Å². The van der Waals surface area contributed by atoms with Gasteiger partial charge in [-0.3, -0.25) is 0 Å². The number of fused-ring (bicyclic) bond motifs is 1. The van der Waals surface area contributed by atoms with E-state index in [2.05, 4.69) is 39.0 Å². The lowest BCUT2D eigenvalue weighted by Crippen LogP contribution is -1.93. The number of rotatable bonds is 4. The molecule has 128 valence electrons. The van der Waals surface area contributed by atoms with Gasteiger partial charge in [0.25, 0.3) is 0 Å². The molecule has 0 amide bonds. The smallest absolute Gasteiger partial charge is 0.130 e. The summed E-state index contributed by atoms with van der Waals surface area (Å²) < 4.78 is 5.19. The first kappa shape index (κ1) is 21.2. The molecule has 0 aromatic heterocycles. The quantitative estimate of drug-likeness (QED) is 0.685. The van der Waals surface area contributed by atoms with E-state index in [9.17, 15) is 4.79 Å². The Kier molecular flexibility index (Phi) is 10.8. The second-order valence-electron chi connectivity index (χ2n) is 5.98. The van der Waals surface area contributed by atoms with E-state index in [1.807, 2.05) is 32.0 Å². The first-order valence-electron chi connectivity index (χ1n) is 8.48. The lowest BCUT2D eigenvalue weighted by molar-refractivity contribution is -0.116. The summed E-state index contributed by atoms with van der Waals surface area (Å²) in [5.74, 6) is 1.94. The van der Waals surface area contributed by atoms with Crippen molar-refractivity contribution in [2.75, 3.05) is 7.11 Å². The highest BCUT2D eigenvalue weighted by Crippen LogP contribution is 2.22. The molecule has 0 fully saturated rings. The Morgan fingerprint density at radius 3 is 2.04 bits per heavy atom. The molecule has 0 unspecified atom stereocenters. The number of hydrogen-bond acceptors (Lipinski definition) is 2. The van der Waals surface area contributed by atoms with Crippen LogP contribution in [0.1, 0.15) is 53.5 Å². The molecule has 0 heterocycles. The maximum Gasteiger partial charge on any atom is 0.130 e. The third kappa shape index (κ3) is 9.02. The number of methoxy groups -OCH3 is 1. The second-order valence-corrected chi connectivity index (χ2v) is 5.98. The number of carbonyl (C=O) groups excluding carboxylic acids is 1. The zero-order chi connectivity index (χ0) is 17.8. The Bertz CT molecular complexity index is 583. The van der Waals surface area contributed by atoms with Gasteiger partial charge in [0.05, 0.1) is 7.11 Å². The van der Waals surface area contributed by atoms with Gasteiger partial charge in [-0.05, 0) is 47.7 Å². The number of aryl methyl sites for hydroxylation is 1. The SMILES string of the molecule is CC.CC(C)C.COc1ccc2cc(CCC(C)=O)ccc2c1. The van der Waals surface area contributed by atoms with Crippen LogP contribution in [0.3, 0.4) is 0 Å². The van der Waals surface area contributed by atoms with Crippen LogP contribution in [0.15, 0.2) is 36.4 Å². The molecule has 2 nitrogen and oxygen atoms in total. The molecular weight excluding hydrogens is 284 g/mol. The van der Waals surface area contributed by atoms with E-state index >= 15 is 0 Å². The van der Waals surface area contributed by atoms with Gasteiger partial charge in [0.2, 0.25) is 0 Å². The molecular formula is C21H32O2. The van der Waals surface area contributed by atoms with E-state index in [0.717, 1.165) is 23.5 Å². The molecule has 0 aliphatic rings. The number of Topliss-reactive ketones (excluding diaryl/α,β-unsaturated/α-hetero) is 1. The van der Waals surface area contributed by atoms with Crippen molar-refractivity contribution in [1.29, 1.82) is 0 Å². The van der Waals surface area contributed by atoms with Crippen LogP contribution in [0, 0.1) is 5.92 Å². The average Bonchev–Trinajstić information content (AvgIpc) is 2.53. The number of hydrogen-bond donors (Lipinski definition) is 0. The standard InChI is InChI=1S/C15H16O2.C4H10.C2H6/c1-11(16)3-4-12-5-6-14-10-15(17-2)8-7-13(14)9-12;1-4(2)3;1-2/h5-10H,3-4H2,1-2H3;4H,1-3H3;1-2H3. The van der Waals surface area contributed by atoms with Gasteiger partial charge < -0.3 is 9.53 Å². The summed E-state index contributed by atoms with van der Waals surface area (Å²) in [6, 6.07) is 12.3. The zero-order valence-electron chi connectivity index (χ0n) is 15.8. The number of carbonyl (C=O) groups is 1. The van der Waals surface area contributed by atoms with E-state index in [4.69, 9.17) is 4.74 Å². The predicted molar refractivity (Wildman–Crippen MR) is 101 cm³/mol. The molecule has 2 rings (SSSR count). The maximum atomic E-state index is 10.9. The van der Waals surface area contributed by atoms with Crippen molar-refractivity contribution in [1.82, 2.24) is 0 Å². The number of ketones is 1. The summed E-state index contributed by atoms with van der Waals surface area (Å²) in [5, 5.41) is 2.35. The van der Waals surface area contributed by atoms with Gasteiger partial charge >= 0.3 is 0 Å². The van der Waals surface area contributed by atoms with E-state index in [1.165, 1.54) is 10.9 Å². The predicted octanol–water partition coefficient (Wildman–Crippen LogP) is 6.06. The van der Waals surface area contributed by atoms with Crippen molar-refractivity contribution in [2.45, 2.75) is 54.4 Å². The monoisotopic (exact) mass is 316 g/mol. The fraction of sp³-hybridized carbons (Fsp3) is 0.476. The molecule has 0 radical (unpaired) electrons. The minimum atomic E-state index is 0.236. The number of benzene rings is 2. The van der Waals surface area contributed by atoms with E-state index in [0.29, 0.717) is 6.42 Å². The highest BCUT2D eigenvalue weighted by atomic mass is 16.5. The van der Waals surface area contributed by atoms with Gasteiger partial charge in [0.1, 0.15) is 11.5 Å². The molecule has 0 bridgehead atoms. The highest BCUT2D eigenvalue weighted by Gasteiger charge is 2.00. The van der Waals surface area contributed by atoms with Crippen molar-refractivity contribution in [3.63, 3.8) is 0 Å².